The average molecular weight is 304 g/mol. The Labute approximate surface area is 132 Å². The van der Waals surface area contributed by atoms with Gasteiger partial charge in [0.1, 0.15) is 17.4 Å². The number of aromatic nitrogens is 1. The third kappa shape index (κ3) is 2.90. The Kier molecular flexibility index (Phi) is 3.78. The van der Waals surface area contributed by atoms with Crippen molar-refractivity contribution in [2.24, 2.45) is 0 Å². The zero-order chi connectivity index (χ0) is 16.4. The Morgan fingerprint density at radius 1 is 1.00 bits per heavy atom. The van der Waals surface area contributed by atoms with Crippen molar-refractivity contribution in [3.05, 3.63) is 81.9 Å². The molecule has 0 saturated carbocycles. The van der Waals surface area contributed by atoms with Gasteiger partial charge >= 0.3 is 0 Å². The molecule has 0 saturated heterocycles. The van der Waals surface area contributed by atoms with Gasteiger partial charge in [0, 0.05) is 11.3 Å². The monoisotopic (exact) mass is 304 g/mol. The van der Waals surface area contributed by atoms with Crippen LogP contribution in [0, 0.1) is 24.1 Å². The summed E-state index contributed by atoms with van der Waals surface area (Å²) in [6, 6.07) is 17.1. The van der Waals surface area contributed by atoms with Gasteiger partial charge in [-0.15, -0.1) is 0 Å². The highest BCUT2D eigenvalue weighted by atomic mass is 19.1. The lowest BCUT2D eigenvalue weighted by molar-refractivity contribution is 0.628. The van der Waals surface area contributed by atoms with Gasteiger partial charge in [-0.2, -0.15) is 5.26 Å². The lowest BCUT2D eigenvalue weighted by Crippen LogP contribution is -2.12. The van der Waals surface area contributed by atoms with Crippen LogP contribution in [0.25, 0.3) is 22.4 Å². The molecule has 3 aromatic rings. The van der Waals surface area contributed by atoms with Crippen molar-refractivity contribution in [2.45, 2.75) is 6.92 Å². The zero-order valence-electron chi connectivity index (χ0n) is 12.4. The molecule has 3 nitrogen and oxygen atoms in total. The second-order valence-electron chi connectivity index (χ2n) is 5.29. The summed E-state index contributed by atoms with van der Waals surface area (Å²) in [5.74, 6) is -0.344. The highest BCUT2D eigenvalue weighted by molar-refractivity contribution is 5.75. The molecule has 0 aliphatic heterocycles. The van der Waals surface area contributed by atoms with Crippen LogP contribution in [0.2, 0.25) is 0 Å². The SMILES string of the molecule is Cc1ccc(-c2cc(-c3ccc(F)cc3)[nH]c(=O)c2C#N)cc1. The maximum Gasteiger partial charge on any atom is 0.266 e. The summed E-state index contributed by atoms with van der Waals surface area (Å²) < 4.78 is 13.1. The third-order valence-corrected chi connectivity index (χ3v) is 3.66. The molecule has 23 heavy (non-hydrogen) atoms. The maximum absolute atomic E-state index is 13.1. The van der Waals surface area contributed by atoms with Crippen molar-refractivity contribution in [3.8, 4) is 28.5 Å². The normalized spacial score (nSPS) is 10.3. The summed E-state index contributed by atoms with van der Waals surface area (Å²) in [6.07, 6.45) is 0. The van der Waals surface area contributed by atoms with Gasteiger partial charge in [-0.05, 0) is 48.4 Å². The van der Waals surface area contributed by atoms with E-state index < -0.39 is 5.56 Å². The standard InChI is InChI=1S/C19H13FN2O/c1-12-2-4-13(5-3-12)16-10-18(22-19(23)17(16)11-21)14-6-8-15(20)9-7-14/h2-10H,1H3,(H,22,23). The van der Waals surface area contributed by atoms with Gasteiger partial charge in [0.15, 0.2) is 0 Å². The molecule has 0 amide bonds. The number of aryl methyl sites for hydroxylation is 1. The Hall–Kier alpha value is -3.19. The molecule has 0 aliphatic rings. The first-order valence-corrected chi connectivity index (χ1v) is 7.09. The van der Waals surface area contributed by atoms with Crippen LogP contribution in [0.3, 0.4) is 0 Å². The summed E-state index contributed by atoms with van der Waals surface area (Å²) in [5.41, 5.74) is 3.29. The fraction of sp³-hybridized carbons (Fsp3) is 0.0526. The molecule has 0 atom stereocenters. The molecular weight excluding hydrogens is 291 g/mol. The van der Waals surface area contributed by atoms with Crippen LogP contribution in [-0.4, -0.2) is 4.98 Å². The number of aromatic amines is 1. The summed E-state index contributed by atoms with van der Waals surface area (Å²) in [7, 11) is 0. The first-order valence-electron chi connectivity index (χ1n) is 7.09. The van der Waals surface area contributed by atoms with Crippen LogP contribution in [0.1, 0.15) is 11.1 Å². The fourth-order valence-electron chi connectivity index (χ4n) is 2.42. The van der Waals surface area contributed by atoms with Crippen LogP contribution >= 0.6 is 0 Å². The molecule has 0 bridgehead atoms. The van der Waals surface area contributed by atoms with E-state index in [1.807, 2.05) is 37.3 Å². The van der Waals surface area contributed by atoms with E-state index in [0.29, 0.717) is 16.8 Å². The molecule has 0 spiro atoms. The number of hydrogen-bond acceptors (Lipinski definition) is 2. The highest BCUT2D eigenvalue weighted by Gasteiger charge is 2.12. The molecule has 0 radical (unpaired) electrons. The molecule has 1 aromatic heterocycles. The molecule has 1 heterocycles. The number of pyridine rings is 1. The lowest BCUT2D eigenvalue weighted by atomic mass is 9.98. The molecular formula is C19H13FN2O. The second kappa shape index (κ2) is 5.90. The number of nitrogens with one attached hydrogen (secondary N) is 1. The van der Waals surface area contributed by atoms with E-state index in [9.17, 15) is 14.4 Å². The Morgan fingerprint density at radius 2 is 1.61 bits per heavy atom. The quantitative estimate of drug-likeness (QED) is 0.777. The van der Waals surface area contributed by atoms with Crippen molar-refractivity contribution in [1.29, 1.82) is 5.26 Å². The first kappa shape index (κ1) is 14.7. The smallest absolute Gasteiger partial charge is 0.266 e. The van der Waals surface area contributed by atoms with Gasteiger partial charge in [-0.1, -0.05) is 29.8 Å². The summed E-state index contributed by atoms with van der Waals surface area (Å²) >= 11 is 0. The van der Waals surface area contributed by atoms with E-state index in [2.05, 4.69) is 4.98 Å². The number of nitriles is 1. The topological polar surface area (TPSA) is 56.6 Å². The Balaban J connectivity index is 2.22. The molecule has 3 rings (SSSR count). The van der Waals surface area contributed by atoms with Gasteiger partial charge in [-0.25, -0.2) is 4.39 Å². The second-order valence-corrected chi connectivity index (χ2v) is 5.29. The summed E-state index contributed by atoms with van der Waals surface area (Å²) in [6.45, 7) is 1.97. The number of halogens is 1. The maximum atomic E-state index is 13.1. The minimum absolute atomic E-state index is 0.0692. The Morgan fingerprint density at radius 3 is 2.22 bits per heavy atom. The number of rotatable bonds is 2. The molecule has 0 aliphatic carbocycles. The number of benzene rings is 2. The van der Waals surface area contributed by atoms with E-state index in [0.717, 1.165) is 11.1 Å². The number of hydrogen-bond donors (Lipinski definition) is 1. The lowest BCUT2D eigenvalue weighted by Gasteiger charge is -2.08. The van der Waals surface area contributed by atoms with Crippen LogP contribution in [-0.2, 0) is 0 Å². The van der Waals surface area contributed by atoms with E-state index in [-0.39, 0.29) is 11.4 Å². The molecule has 4 heteroatoms. The van der Waals surface area contributed by atoms with Crippen LogP contribution < -0.4 is 5.56 Å². The van der Waals surface area contributed by atoms with Crippen molar-refractivity contribution in [2.75, 3.05) is 0 Å². The van der Waals surface area contributed by atoms with Crippen molar-refractivity contribution < 1.29 is 4.39 Å². The Bertz CT molecular complexity index is 949. The van der Waals surface area contributed by atoms with Crippen molar-refractivity contribution in [1.82, 2.24) is 4.98 Å². The van der Waals surface area contributed by atoms with Crippen molar-refractivity contribution >= 4 is 0 Å². The highest BCUT2D eigenvalue weighted by Crippen LogP contribution is 2.26. The van der Waals surface area contributed by atoms with Crippen LogP contribution in [0.15, 0.2) is 59.4 Å². The largest absolute Gasteiger partial charge is 0.321 e. The van der Waals surface area contributed by atoms with E-state index >= 15 is 0 Å². The van der Waals surface area contributed by atoms with Crippen LogP contribution in [0.5, 0.6) is 0 Å². The predicted octanol–water partition coefficient (Wildman–Crippen LogP) is 4.03. The predicted molar refractivity (Wildman–Crippen MR) is 87.3 cm³/mol. The average Bonchev–Trinajstić information content (AvgIpc) is 2.55. The molecule has 0 fully saturated rings. The van der Waals surface area contributed by atoms with Gasteiger partial charge in [-0.3, -0.25) is 4.79 Å². The summed E-state index contributed by atoms with van der Waals surface area (Å²) in [4.78, 5) is 14.9. The molecule has 112 valence electrons. The van der Waals surface area contributed by atoms with E-state index in [1.165, 1.54) is 12.1 Å². The van der Waals surface area contributed by atoms with E-state index in [1.54, 1.807) is 18.2 Å². The fourth-order valence-corrected chi connectivity index (χ4v) is 2.42. The molecule has 2 aromatic carbocycles. The van der Waals surface area contributed by atoms with Gasteiger partial charge < -0.3 is 4.98 Å². The number of H-pyrrole nitrogens is 1. The van der Waals surface area contributed by atoms with E-state index in [4.69, 9.17) is 0 Å². The van der Waals surface area contributed by atoms with Crippen LogP contribution in [0.4, 0.5) is 4.39 Å². The first-order chi connectivity index (χ1) is 11.1. The van der Waals surface area contributed by atoms with Crippen molar-refractivity contribution in [3.63, 3.8) is 0 Å². The van der Waals surface area contributed by atoms with Gasteiger partial charge in [0.2, 0.25) is 0 Å². The minimum atomic E-state index is -0.454. The molecule has 1 N–H and O–H groups in total. The van der Waals surface area contributed by atoms with Gasteiger partial charge in [0.05, 0.1) is 0 Å². The minimum Gasteiger partial charge on any atom is -0.321 e. The van der Waals surface area contributed by atoms with Gasteiger partial charge in [0.25, 0.3) is 5.56 Å². The summed E-state index contributed by atoms with van der Waals surface area (Å²) in [5, 5.41) is 9.29. The number of nitrogens with zero attached hydrogens (tertiary/aromatic N) is 1. The third-order valence-electron chi connectivity index (χ3n) is 3.66. The zero-order valence-corrected chi connectivity index (χ0v) is 12.4. The molecule has 0 unspecified atom stereocenters.